The monoisotopic (exact) mass is 196 g/mol. The summed E-state index contributed by atoms with van der Waals surface area (Å²) < 4.78 is 5.58. The number of para-hydroxylation sites is 1. The van der Waals surface area contributed by atoms with Crippen molar-refractivity contribution in [3.05, 3.63) is 30.3 Å². The van der Waals surface area contributed by atoms with Crippen molar-refractivity contribution in [1.82, 2.24) is 0 Å². The lowest BCUT2D eigenvalue weighted by Crippen LogP contribution is -2.19. The van der Waals surface area contributed by atoms with Gasteiger partial charge in [0, 0.05) is 26.1 Å². The van der Waals surface area contributed by atoms with Crippen LogP contribution in [0.2, 0.25) is 0 Å². The van der Waals surface area contributed by atoms with Gasteiger partial charge in [-0.05, 0) is 12.1 Å². The summed E-state index contributed by atoms with van der Waals surface area (Å²) in [7, 11) is 0. The van der Waals surface area contributed by atoms with E-state index in [-0.39, 0.29) is 19.3 Å². The van der Waals surface area contributed by atoms with Crippen LogP contribution in [-0.2, 0) is 0 Å². The Hall–Kier alpha value is -1.06. The van der Waals surface area contributed by atoms with E-state index in [1.165, 1.54) is 0 Å². The third-order valence-corrected chi connectivity index (χ3v) is 1.95. The van der Waals surface area contributed by atoms with E-state index < -0.39 is 0 Å². The van der Waals surface area contributed by atoms with Gasteiger partial charge in [-0.2, -0.15) is 0 Å². The molecule has 0 aromatic heterocycles. The molecule has 0 amide bonds. The topological polar surface area (TPSA) is 49.7 Å². The van der Waals surface area contributed by atoms with E-state index in [2.05, 4.69) is 0 Å². The van der Waals surface area contributed by atoms with Gasteiger partial charge < -0.3 is 14.9 Å². The number of benzene rings is 1. The van der Waals surface area contributed by atoms with E-state index in [1.807, 2.05) is 30.3 Å². The maximum absolute atomic E-state index is 8.78. The summed E-state index contributed by atoms with van der Waals surface area (Å²) in [5.74, 6) is 0.777. The molecule has 1 aromatic carbocycles. The molecule has 0 aliphatic carbocycles. The smallest absolute Gasteiger partial charge is 0.119 e. The summed E-state index contributed by atoms with van der Waals surface area (Å²) in [6.07, 6.45) is 0.998. The quantitative estimate of drug-likeness (QED) is 0.718. The molecule has 3 nitrogen and oxygen atoms in total. The summed E-state index contributed by atoms with van der Waals surface area (Å²) in [6.45, 7) is 0.162. The van der Waals surface area contributed by atoms with Gasteiger partial charge in [-0.25, -0.2) is 0 Å². The van der Waals surface area contributed by atoms with Crippen LogP contribution in [0, 0.1) is 0 Å². The molecule has 78 valence electrons. The zero-order valence-corrected chi connectivity index (χ0v) is 8.10. The second-order valence-electron chi connectivity index (χ2n) is 3.08. The van der Waals surface area contributed by atoms with Gasteiger partial charge >= 0.3 is 0 Å². The van der Waals surface area contributed by atoms with Gasteiger partial charge in [0.1, 0.15) is 11.9 Å². The van der Waals surface area contributed by atoms with E-state index in [0.29, 0.717) is 12.8 Å². The number of rotatable bonds is 6. The molecule has 0 bridgehead atoms. The normalized spacial score (nSPS) is 10.5. The molecular formula is C11H16O3. The van der Waals surface area contributed by atoms with Crippen molar-refractivity contribution < 1.29 is 14.9 Å². The van der Waals surface area contributed by atoms with E-state index in [4.69, 9.17) is 14.9 Å². The molecule has 1 aromatic rings. The Labute approximate surface area is 84.0 Å². The molecule has 0 radical (unpaired) electrons. The Morgan fingerprint density at radius 3 is 2.07 bits per heavy atom. The average Bonchev–Trinajstić information content (AvgIpc) is 2.20. The molecular weight excluding hydrogens is 180 g/mol. The van der Waals surface area contributed by atoms with E-state index in [9.17, 15) is 0 Å². The maximum atomic E-state index is 8.78. The first-order chi connectivity index (χ1) is 6.86. The van der Waals surface area contributed by atoms with Gasteiger partial charge in [0.25, 0.3) is 0 Å². The first-order valence-electron chi connectivity index (χ1n) is 4.80. The fraction of sp³-hybridized carbons (Fsp3) is 0.455. The summed E-state index contributed by atoms with van der Waals surface area (Å²) >= 11 is 0. The second kappa shape index (κ2) is 6.40. The van der Waals surface area contributed by atoms with Crippen molar-refractivity contribution in [3.63, 3.8) is 0 Å². The van der Waals surface area contributed by atoms with Gasteiger partial charge in [-0.1, -0.05) is 18.2 Å². The molecule has 0 saturated heterocycles. The molecule has 0 aliphatic heterocycles. The Kier molecular flexibility index (Phi) is 5.04. The van der Waals surface area contributed by atoms with Gasteiger partial charge in [0.2, 0.25) is 0 Å². The fourth-order valence-corrected chi connectivity index (χ4v) is 1.24. The van der Waals surface area contributed by atoms with Crippen molar-refractivity contribution >= 4 is 0 Å². The average molecular weight is 196 g/mol. The molecule has 0 unspecified atom stereocenters. The lowest BCUT2D eigenvalue weighted by atomic mass is 10.2. The number of ether oxygens (including phenoxy) is 1. The summed E-state index contributed by atoms with van der Waals surface area (Å²) in [5.41, 5.74) is 0. The Morgan fingerprint density at radius 1 is 1.00 bits per heavy atom. The zero-order valence-electron chi connectivity index (χ0n) is 8.10. The SMILES string of the molecule is OCCC(CCO)Oc1ccccc1. The Morgan fingerprint density at radius 2 is 1.57 bits per heavy atom. The van der Waals surface area contributed by atoms with Gasteiger partial charge in [0.05, 0.1) is 0 Å². The molecule has 2 N–H and O–H groups in total. The van der Waals surface area contributed by atoms with E-state index >= 15 is 0 Å². The van der Waals surface area contributed by atoms with Crippen molar-refractivity contribution in [3.8, 4) is 5.75 Å². The number of hydrogen-bond donors (Lipinski definition) is 2. The highest BCUT2D eigenvalue weighted by atomic mass is 16.5. The standard InChI is InChI=1S/C11H16O3/c12-8-6-11(7-9-13)14-10-4-2-1-3-5-10/h1-5,11-13H,6-9H2. The molecule has 0 aliphatic rings. The predicted octanol–water partition coefficient (Wildman–Crippen LogP) is 1.20. The van der Waals surface area contributed by atoms with E-state index in [1.54, 1.807) is 0 Å². The fourth-order valence-electron chi connectivity index (χ4n) is 1.24. The molecule has 3 heteroatoms. The van der Waals surface area contributed by atoms with Gasteiger partial charge in [-0.3, -0.25) is 0 Å². The van der Waals surface area contributed by atoms with Crippen LogP contribution in [0.5, 0.6) is 5.75 Å². The first kappa shape index (κ1) is 11.0. The predicted molar refractivity (Wildman–Crippen MR) is 54.3 cm³/mol. The molecule has 0 saturated carbocycles. The van der Waals surface area contributed by atoms with Crippen LogP contribution < -0.4 is 4.74 Å². The van der Waals surface area contributed by atoms with Crippen LogP contribution in [0.3, 0.4) is 0 Å². The lowest BCUT2D eigenvalue weighted by Gasteiger charge is -2.16. The molecule has 0 heterocycles. The van der Waals surface area contributed by atoms with Gasteiger partial charge in [0.15, 0.2) is 0 Å². The zero-order chi connectivity index (χ0) is 10.2. The minimum absolute atomic E-state index is 0.0809. The molecule has 0 fully saturated rings. The number of hydrogen-bond acceptors (Lipinski definition) is 3. The third-order valence-electron chi connectivity index (χ3n) is 1.95. The van der Waals surface area contributed by atoms with Crippen LogP contribution in [0.25, 0.3) is 0 Å². The summed E-state index contributed by atoms with van der Waals surface area (Å²) in [5, 5.41) is 17.6. The van der Waals surface area contributed by atoms with Crippen molar-refractivity contribution in [2.24, 2.45) is 0 Å². The minimum atomic E-state index is -0.104. The lowest BCUT2D eigenvalue weighted by molar-refractivity contribution is 0.123. The van der Waals surface area contributed by atoms with Crippen LogP contribution in [0.1, 0.15) is 12.8 Å². The maximum Gasteiger partial charge on any atom is 0.119 e. The van der Waals surface area contributed by atoms with Gasteiger partial charge in [-0.15, -0.1) is 0 Å². The minimum Gasteiger partial charge on any atom is -0.490 e. The van der Waals surface area contributed by atoms with Crippen molar-refractivity contribution in [2.45, 2.75) is 18.9 Å². The Bertz CT molecular complexity index is 230. The van der Waals surface area contributed by atoms with Crippen LogP contribution in [0.4, 0.5) is 0 Å². The van der Waals surface area contributed by atoms with Crippen molar-refractivity contribution in [2.75, 3.05) is 13.2 Å². The summed E-state index contributed by atoms with van der Waals surface area (Å²) in [6, 6.07) is 9.43. The summed E-state index contributed by atoms with van der Waals surface area (Å²) in [4.78, 5) is 0. The first-order valence-corrected chi connectivity index (χ1v) is 4.80. The molecule has 0 atom stereocenters. The van der Waals surface area contributed by atoms with Crippen LogP contribution in [-0.4, -0.2) is 29.5 Å². The van der Waals surface area contributed by atoms with E-state index in [0.717, 1.165) is 5.75 Å². The third kappa shape index (κ3) is 3.77. The highest BCUT2D eigenvalue weighted by Crippen LogP contribution is 2.13. The highest BCUT2D eigenvalue weighted by molar-refractivity contribution is 5.21. The van der Waals surface area contributed by atoms with Crippen LogP contribution >= 0.6 is 0 Å². The highest BCUT2D eigenvalue weighted by Gasteiger charge is 2.08. The largest absolute Gasteiger partial charge is 0.490 e. The second-order valence-corrected chi connectivity index (χ2v) is 3.08. The van der Waals surface area contributed by atoms with Crippen molar-refractivity contribution in [1.29, 1.82) is 0 Å². The number of aliphatic hydroxyl groups is 2. The molecule has 0 spiro atoms. The number of aliphatic hydroxyl groups excluding tert-OH is 2. The molecule has 14 heavy (non-hydrogen) atoms. The Balaban J connectivity index is 2.46. The molecule has 1 rings (SSSR count). The van der Waals surface area contributed by atoms with Crippen LogP contribution in [0.15, 0.2) is 30.3 Å².